The highest BCUT2D eigenvalue weighted by Crippen LogP contribution is 2.41. The SMILES string of the molecule is CS(=O)(=O)CCCC1(CCl)CCCCC1. The third-order valence-electron chi connectivity index (χ3n) is 3.42. The number of hydrogen-bond donors (Lipinski definition) is 0. The van der Waals surface area contributed by atoms with Crippen LogP contribution in [-0.4, -0.2) is 26.3 Å². The van der Waals surface area contributed by atoms with Gasteiger partial charge in [0.2, 0.25) is 0 Å². The first-order chi connectivity index (χ1) is 6.97. The van der Waals surface area contributed by atoms with Gasteiger partial charge in [-0.2, -0.15) is 0 Å². The van der Waals surface area contributed by atoms with Crippen molar-refractivity contribution in [1.29, 1.82) is 0 Å². The lowest BCUT2D eigenvalue weighted by Gasteiger charge is -2.35. The smallest absolute Gasteiger partial charge is 0.147 e. The van der Waals surface area contributed by atoms with Gasteiger partial charge in [0, 0.05) is 17.9 Å². The van der Waals surface area contributed by atoms with Crippen molar-refractivity contribution in [3.63, 3.8) is 0 Å². The Balaban J connectivity index is 2.39. The number of sulfone groups is 1. The summed E-state index contributed by atoms with van der Waals surface area (Å²) in [4.78, 5) is 0. The Morgan fingerprint density at radius 3 is 2.27 bits per heavy atom. The van der Waals surface area contributed by atoms with Gasteiger partial charge >= 0.3 is 0 Å². The highest BCUT2D eigenvalue weighted by molar-refractivity contribution is 7.90. The van der Waals surface area contributed by atoms with Crippen LogP contribution < -0.4 is 0 Å². The van der Waals surface area contributed by atoms with E-state index in [9.17, 15) is 8.42 Å². The molecule has 1 aliphatic rings. The van der Waals surface area contributed by atoms with Crippen molar-refractivity contribution in [3.8, 4) is 0 Å². The summed E-state index contributed by atoms with van der Waals surface area (Å²) in [6, 6.07) is 0. The summed E-state index contributed by atoms with van der Waals surface area (Å²) in [5.74, 6) is 1.00. The van der Waals surface area contributed by atoms with E-state index in [0.29, 0.717) is 11.6 Å². The van der Waals surface area contributed by atoms with Gasteiger partial charge in [-0.25, -0.2) is 8.42 Å². The van der Waals surface area contributed by atoms with E-state index in [2.05, 4.69) is 0 Å². The molecular formula is C11H21ClO2S. The van der Waals surface area contributed by atoms with Crippen LogP contribution in [0.15, 0.2) is 0 Å². The molecule has 2 nitrogen and oxygen atoms in total. The highest BCUT2D eigenvalue weighted by Gasteiger charge is 2.30. The zero-order valence-electron chi connectivity index (χ0n) is 9.47. The summed E-state index contributed by atoms with van der Waals surface area (Å²) >= 11 is 6.04. The fourth-order valence-electron chi connectivity index (χ4n) is 2.46. The molecule has 0 radical (unpaired) electrons. The molecule has 1 saturated carbocycles. The quantitative estimate of drug-likeness (QED) is 0.705. The van der Waals surface area contributed by atoms with Crippen LogP contribution in [-0.2, 0) is 9.84 Å². The Hall–Kier alpha value is 0.240. The van der Waals surface area contributed by atoms with E-state index in [1.165, 1.54) is 38.4 Å². The predicted octanol–water partition coefficient (Wildman–Crippen LogP) is 3.00. The van der Waals surface area contributed by atoms with Crippen molar-refractivity contribution >= 4 is 21.4 Å². The summed E-state index contributed by atoms with van der Waals surface area (Å²) in [6.45, 7) is 0. The predicted molar refractivity (Wildman–Crippen MR) is 65.2 cm³/mol. The van der Waals surface area contributed by atoms with Crippen molar-refractivity contribution in [2.45, 2.75) is 44.9 Å². The van der Waals surface area contributed by atoms with E-state index in [-0.39, 0.29) is 5.41 Å². The first-order valence-corrected chi connectivity index (χ1v) is 8.31. The van der Waals surface area contributed by atoms with Gasteiger partial charge in [-0.1, -0.05) is 19.3 Å². The minimum Gasteiger partial charge on any atom is -0.229 e. The monoisotopic (exact) mass is 252 g/mol. The molecule has 90 valence electrons. The van der Waals surface area contributed by atoms with Crippen LogP contribution in [0.1, 0.15) is 44.9 Å². The molecule has 0 aromatic carbocycles. The molecule has 15 heavy (non-hydrogen) atoms. The van der Waals surface area contributed by atoms with Crippen LogP contribution in [0.25, 0.3) is 0 Å². The third-order valence-corrected chi connectivity index (χ3v) is 5.02. The van der Waals surface area contributed by atoms with E-state index in [1.807, 2.05) is 0 Å². The maximum atomic E-state index is 11.0. The molecule has 0 N–H and O–H groups in total. The molecule has 0 aromatic rings. The van der Waals surface area contributed by atoms with Gasteiger partial charge in [0.15, 0.2) is 0 Å². The number of hydrogen-bond acceptors (Lipinski definition) is 2. The largest absolute Gasteiger partial charge is 0.229 e. The normalized spacial score (nSPS) is 21.5. The van der Waals surface area contributed by atoms with E-state index in [4.69, 9.17) is 11.6 Å². The minimum absolute atomic E-state index is 0.241. The Morgan fingerprint density at radius 2 is 1.80 bits per heavy atom. The van der Waals surface area contributed by atoms with Crippen LogP contribution >= 0.6 is 11.6 Å². The maximum Gasteiger partial charge on any atom is 0.147 e. The molecule has 1 fully saturated rings. The number of halogens is 1. The molecule has 0 amide bonds. The summed E-state index contributed by atoms with van der Waals surface area (Å²) in [6.07, 6.45) is 9.23. The highest BCUT2D eigenvalue weighted by atomic mass is 35.5. The second-order valence-corrected chi connectivity index (χ2v) is 7.45. The fourth-order valence-corrected chi connectivity index (χ4v) is 3.53. The van der Waals surface area contributed by atoms with Crippen LogP contribution in [0.3, 0.4) is 0 Å². The molecule has 0 aromatic heterocycles. The second kappa shape index (κ2) is 5.53. The van der Waals surface area contributed by atoms with E-state index in [1.54, 1.807) is 0 Å². The lowest BCUT2D eigenvalue weighted by Crippen LogP contribution is -2.26. The second-order valence-electron chi connectivity index (χ2n) is 4.93. The van der Waals surface area contributed by atoms with Gasteiger partial charge in [-0.05, 0) is 31.1 Å². The molecule has 0 aliphatic heterocycles. The van der Waals surface area contributed by atoms with Gasteiger partial charge < -0.3 is 0 Å². The lowest BCUT2D eigenvalue weighted by molar-refractivity contribution is 0.202. The molecule has 0 bridgehead atoms. The van der Waals surface area contributed by atoms with Crippen LogP contribution in [0.2, 0.25) is 0 Å². The van der Waals surface area contributed by atoms with Crippen molar-refractivity contribution in [2.75, 3.05) is 17.9 Å². The first-order valence-electron chi connectivity index (χ1n) is 5.71. The molecule has 1 aliphatic carbocycles. The Kier molecular flexibility index (Phi) is 4.91. The van der Waals surface area contributed by atoms with Gasteiger partial charge in [-0.15, -0.1) is 11.6 Å². The Labute approximate surface area is 98.3 Å². The summed E-state index contributed by atoms with van der Waals surface area (Å²) < 4.78 is 22.1. The molecule has 0 atom stereocenters. The summed E-state index contributed by atoms with van der Waals surface area (Å²) in [5, 5.41) is 0. The van der Waals surface area contributed by atoms with Crippen molar-refractivity contribution in [2.24, 2.45) is 5.41 Å². The van der Waals surface area contributed by atoms with Crippen molar-refractivity contribution in [3.05, 3.63) is 0 Å². The molecule has 1 rings (SSSR count). The van der Waals surface area contributed by atoms with E-state index in [0.717, 1.165) is 12.8 Å². The zero-order valence-corrected chi connectivity index (χ0v) is 11.0. The van der Waals surface area contributed by atoms with Gasteiger partial charge in [0.05, 0.1) is 0 Å². The van der Waals surface area contributed by atoms with E-state index < -0.39 is 9.84 Å². The third kappa shape index (κ3) is 4.73. The topological polar surface area (TPSA) is 34.1 Å². The number of alkyl halides is 1. The van der Waals surface area contributed by atoms with Gasteiger partial charge in [0.1, 0.15) is 9.84 Å². The molecule has 0 spiro atoms. The summed E-state index contributed by atoms with van der Waals surface area (Å²) in [7, 11) is -2.80. The van der Waals surface area contributed by atoms with Crippen LogP contribution in [0.4, 0.5) is 0 Å². The van der Waals surface area contributed by atoms with Gasteiger partial charge in [0.25, 0.3) is 0 Å². The average molecular weight is 253 g/mol. The van der Waals surface area contributed by atoms with E-state index >= 15 is 0 Å². The minimum atomic E-state index is -2.80. The average Bonchev–Trinajstić information content (AvgIpc) is 2.17. The summed E-state index contributed by atoms with van der Waals surface area (Å²) in [5.41, 5.74) is 0.241. The molecule has 0 heterocycles. The fraction of sp³-hybridized carbons (Fsp3) is 1.00. The molecular weight excluding hydrogens is 232 g/mol. The van der Waals surface area contributed by atoms with Crippen LogP contribution in [0.5, 0.6) is 0 Å². The number of rotatable bonds is 5. The Morgan fingerprint density at radius 1 is 1.20 bits per heavy atom. The molecule has 0 unspecified atom stereocenters. The Bertz CT molecular complexity index is 279. The van der Waals surface area contributed by atoms with Crippen molar-refractivity contribution in [1.82, 2.24) is 0 Å². The maximum absolute atomic E-state index is 11.0. The molecule has 0 saturated heterocycles. The standard InChI is InChI=1S/C11H21ClO2S/c1-15(13,14)9-5-8-11(10-12)6-3-2-4-7-11/h2-10H2,1H3. The first kappa shape index (κ1) is 13.3. The zero-order chi connectivity index (χ0) is 11.4. The van der Waals surface area contributed by atoms with Gasteiger partial charge in [-0.3, -0.25) is 0 Å². The van der Waals surface area contributed by atoms with Crippen LogP contribution in [0, 0.1) is 5.41 Å². The molecule has 4 heteroatoms. The lowest BCUT2D eigenvalue weighted by atomic mass is 9.73. The van der Waals surface area contributed by atoms with Crippen molar-refractivity contribution < 1.29 is 8.42 Å².